The summed E-state index contributed by atoms with van der Waals surface area (Å²) in [7, 11) is 0. The lowest BCUT2D eigenvalue weighted by Gasteiger charge is -2.42. The summed E-state index contributed by atoms with van der Waals surface area (Å²) in [4.78, 5) is 25.9. The molecule has 0 spiro atoms. The molecule has 0 aliphatic carbocycles. The first-order chi connectivity index (χ1) is 36.0. The minimum atomic E-state index is -1.76. The molecule has 0 aromatic rings. The normalized spacial score (nSPS) is 24.8. The van der Waals surface area contributed by atoms with Crippen molar-refractivity contribution in [3.8, 4) is 0 Å². The maximum absolute atomic E-state index is 13.1. The maximum atomic E-state index is 13.1. The fourth-order valence-electron chi connectivity index (χ4n) is 9.50. The van der Waals surface area contributed by atoms with Gasteiger partial charge in [-0.3, -0.25) is 9.59 Å². The zero-order valence-electron chi connectivity index (χ0n) is 46.3. The van der Waals surface area contributed by atoms with E-state index in [1.807, 2.05) is 0 Å². The Balaban J connectivity index is 1.74. The van der Waals surface area contributed by atoms with Gasteiger partial charge in [0.05, 0.1) is 19.8 Å². The summed E-state index contributed by atoms with van der Waals surface area (Å²) in [6.07, 6.45) is 33.4. The number of carbonyl (C=O) groups is 2. The van der Waals surface area contributed by atoms with Crippen LogP contribution in [0.1, 0.15) is 245 Å². The van der Waals surface area contributed by atoms with Crippen molar-refractivity contribution < 1.29 is 73.8 Å². The summed E-state index contributed by atoms with van der Waals surface area (Å²) < 4.78 is 33.7. The van der Waals surface area contributed by atoms with Gasteiger partial charge in [0.25, 0.3) is 0 Å². The Labute approximate surface area is 447 Å². The number of aliphatic hydroxyl groups is 7. The van der Waals surface area contributed by atoms with Gasteiger partial charge in [-0.15, -0.1) is 0 Å². The zero-order valence-corrected chi connectivity index (χ0v) is 46.3. The van der Waals surface area contributed by atoms with Crippen molar-refractivity contribution in [2.24, 2.45) is 0 Å². The van der Waals surface area contributed by atoms with E-state index in [1.165, 1.54) is 154 Å². The summed E-state index contributed by atoms with van der Waals surface area (Å²) in [5.41, 5.74) is 0. The van der Waals surface area contributed by atoms with Crippen LogP contribution < -0.4 is 0 Å². The highest BCUT2D eigenvalue weighted by atomic mass is 16.7. The number of carbonyl (C=O) groups excluding carboxylic acids is 2. The fourth-order valence-corrected chi connectivity index (χ4v) is 9.50. The van der Waals surface area contributed by atoms with E-state index in [2.05, 4.69) is 38.2 Å². The lowest BCUT2D eigenvalue weighted by molar-refractivity contribution is -0.332. The summed E-state index contributed by atoms with van der Waals surface area (Å²) >= 11 is 0. The number of aliphatic hydroxyl groups excluding tert-OH is 7. The molecule has 2 aliphatic heterocycles. The quantitative estimate of drug-likeness (QED) is 0.0171. The minimum Gasteiger partial charge on any atom is -0.462 e. The smallest absolute Gasteiger partial charge is 0.306 e. The Kier molecular flexibility index (Phi) is 42.3. The molecule has 0 aromatic heterocycles. The third-order valence-electron chi connectivity index (χ3n) is 14.4. The van der Waals surface area contributed by atoms with E-state index in [-0.39, 0.29) is 26.1 Å². The van der Waals surface area contributed by atoms with Crippen LogP contribution in [0.5, 0.6) is 0 Å². The van der Waals surface area contributed by atoms with Gasteiger partial charge in [0.1, 0.15) is 55.4 Å². The van der Waals surface area contributed by atoms with E-state index < -0.39 is 92.7 Å². The number of ether oxygens (including phenoxy) is 6. The molecule has 0 bridgehead atoms. The molecule has 7 N–H and O–H groups in total. The Morgan fingerprint density at radius 3 is 1.19 bits per heavy atom. The van der Waals surface area contributed by atoms with Crippen LogP contribution in [0.25, 0.3) is 0 Å². The first kappa shape index (κ1) is 68.1. The summed E-state index contributed by atoms with van der Waals surface area (Å²) in [5, 5.41) is 72.3. The largest absolute Gasteiger partial charge is 0.462 e. The van der Waals surface area contributed by atoms with Crippen LogP contribution >= 0.6 is 0 Å². The molecule has 0 amide bonds. The second-order valence-electron chi connectivity index (χ2n) is 21.2. The molecule has 0 radical (unpaired) electrons. The fraction of sp³-hybridized carbons (Fsp3) is 0.898. The molecule has 15 heteroatoms. The Bertz CT molecular complexity index is 1380. The third kappa shape index (κ3) is 32.7. The van der Waals surface area contributed by atoms with E-state index in [9.17, 15) is 45.3 Å². The Morgan fingerprint density at radius 1 is 0.419 bits per heavy atom. The van der Waals surface area contributed by atoms with Gasteiger partial charge in [-0.2, -0.15) is 0 Å². The molecule has 434 valence electrons. The van der Waals surface area contributed by atoms with Crippen molar-refractivity contribution in [1.29, 1.82) is 0 Å². The van der Waals surface area contributed by atoms with Crippen molar-refractivity contribution in [2.45, 2.75) is 313 Å². The highest BCUT2D eigenvalue weighted by Gasteiger charge is 2.47. The predicted molar refractivity (Wildman–Crippen MR) is 289 cm³/mol. The molecule has 11 unspecified atom stereocenters. The van der Waals surface area contributed by atoms with Crippen LogP contribution in [0.4, 0.5) is 0 Å². The van der Waals surface area contributed by atoms with E-state index >= 15 is 0 Å². The molecule has 2 aliphatic rings. The van der Waals surface area contributed by atoms with Crippen molar-refractivity contribution in [3.63, 3.8) is 0 Å². The molecule has 2 fully saturated rings. The summed E-state index contributed by atoms with van der Waals surface area (Å²) in [6.45, 7) is 2.62. The van der Waals surface area contributed by atoms with Crippen molar-refractivity contribution in [1.82, 2.24) is 0 Å². The Hall–Kier alpha value is -2.02. The molecule has 74 heavy (non-hydrogen) atoms. The van der Waals surface area contributed by atoms with Crippen LogP contribution in [0.3, 0.4) is 0 Å². The van der Waals surface area contributed by atoms with Crippen LogP contribution in [0.2, 0.25) is 0 Å². The minimum absolute atomic E-state index is 0.164. The molecule has 0 saturated carbocycles. The van der Waals surface area contributed by atoms with Crippen LogP contribution in [-0.2, 0) is 38.0 Å². The standard InChI is InChI=1S/C59H108O15/c1-3-5-7-9-11-13-15-17-19-21-22-23-24-26-28-30-32-34-36-38-40-42-51(62)72-47(44-69-50(61)41-39-37-35-33-31-29-27-25-20-18-16-14-12-10-8-6-4-2)45-70-58-57(68)55(66)53(64)49(74-58)46-71-59-56(67)54(65)52(63)48(43-60)73-59/h18,20-22,47-49,52-60,63-68H,3-17,19,23-46H2,1-2H3/b20-18-,22-21-. The molecule has 2 heterocycles. The van der Waals surface area contributed by atoms with Crippen molar-refractivity contribution in [3.05, 3.63) is 24.3 Å². The lowest BCUT2D eigenvalue weighted by atomic mass is 9.98. The van der Waals surface area contributed by atoms with Crippen molar-refractivity contribution in [2.75, 3.05) is 26.4 Å². The topological polar surface area (TPSA) is 231 Å². The van der Waals surface area contributed by atoms with Gasteiger partial charge in [-0.1, -0.05) is 192 Å². The first-order valence-electron chi connectivity index (χ1n) is 29.9. The van der Waals surface area contributed by atoms with E-state index in [1.54, 1.807) is 0 Å². The average Bonchev–Trinajstić information content (AvgIpc) is 3.39. The molecule has 2 rings (SSSR count). The molecule has 15 nitrogen and oxygen atoms in total. The average molecular weight is 1060 g/mol. The molecular formula is C59H108O15. The Morgan fingerprint density at radius 2 is 0.770 bits per heavy atom. The van der Waals surface area contributed by atoms with E-state index in [0.717, 1.165) is 51.4 Å². The van der Waals surface area contributed by atoms with Crippen LogP contribution in [0.15, 0.2) is 24.3 Å². The predicted octanol–water partition coefficient (Wildman–Crippen LogP) is 10.3. The number of unbranched alkanes of at least 4 members (excludes halogenated alkanes) is 30. The maximum Gasteiger partial charge on any atom is 0.306 e. The van der Waals surface area contributed by atoms with E-state index in [0.29, 0.717) is 12.8 Å². The SMILES string of the molecule is CCCCCCCC/C=C\CCCCCCCCCC(=O)OCC(COC1OC(COC2OC(CO)C(O)C(O)C2O)C(O)C(O)C1O)OC(=O)CCCCCCCCCCC/C=C\CCCCCCCCCC. The second kappa shape index (κ2) is 45.9. The highest BCUT2D eigenvalue weighted by Crippen LogP contribution is 2.27. The zero-order chi connectivity index (χ0) is 53.9. The van der Waals surface area contributed by atoms with Gasteiger partial charge >= 0.3 is 11.9 Å². The number of hydrogen-bond acceptors (Lipinski definition) is 15. The van der Waals surface area contributed by atoms with Crippen LogP contribution in [-0.4, -0.2) is 142 Å². The molecule has 0 aromatic carbocycles. The van der Waals surface area contributed by atoms with Gasteiger partial charge in [0.2, 0.25) is 0 Å². The molecule has 2 saturated heterocycles. The van der Waals surface area contributed by atoms with Crippen molar-refractivity contribution >= 4 is 11.9 Å². The number of allylic oxidation sites excluding steroid dienone is 4. The monoisotopic (exact) mass is 1060 g/mol. The summed E-state index contributed by atoms with van der Waals surface area (Å²) in [6, 6.07) is 0. The molecule has 11 atom stereocenters. The second-order valence-corrected chi connectivity index (χ2v) is 21.2. The van der Waals surface area contributed by atoms with Gasteiger partial charge in [0.15, 0.2) is 18.7 Å². The van der Waals surface area contributed by atoms with E-state index in [4.69, 9.17) is 28.4 Å². The highest BCUT2D eigenvalue weighted by molar-refractivity contribution is 5.70. The van der Waals surface area contributed by atoms with Gasteiger partial charge in [0, 0.05) is 12.8 Å². The lowest BCUT2D eigenvalue weighted by Crippen LogP contribution is -2.61. The number of esters is 2. The van der Waals surface area contributed by atoms with Gasteiger partial charge < -0.3 is 64.2 Å². The van der Waals surface area contributed by atoms with Gasteiger partial charge in [-0.05, 0) is 64.2 Å². The number of rotatable bonds is 48. The first-order valence-corrected chi connectivity index (χ1v) is 29.9. The summed E-state index contributed by atoms with van der Waals surface area (Å²) in [5.74, 6) is -0.921. The van der Waals surface area contributed by atoms with Crippen LogP contribution in [0, 0.1) is 0 Å². The number of hydrogen-bond donors (Lipinski definition) is 7. The van der Waals surface area contributed by atoms with Gasteiger partial charge in [-0.25, -0.2) is 0 Å². The molecular weight excluding hydrogens is 949 g/mol. The third-order valence-corrected chi connectivity index (χ3v) is 14.4.